The minimum absolute atomic E-state index is 0.375. The molecule has 2 saturated heterocycles. The summed E-state index contributed by atoms with van der Waals surface area (Å²) in [5.41, 5.74) is 1.17. The van der Waals surface area contributed by atoms with Crippen LogP contribution in [0.15, 0.2) is 24.3 Å². The van der Waals surface area contributed by atoms with Crippen molar-refractivity contribution in [1.82, 2.24) is 4.90 Å². The van der Waals surface area contributed by atoms with Crippen molar-refractivity contribution in [2.75, 3.05) is 57.8 Å². The van der Waals surface area contributed by atoms with Gasteiger partial charge < -0.3 is 19.4 Å². The molecule has 27 heavy (non-hydrogen) atoms. The molecule has 1 N–H and O–H groups in total. The molecular formula is C22H34N3O2+. The number of fused-ring (bicyclic) bond motifs is 1. The number of piperazine rings is 1. The molecule has 0 aromatic heterocycles. The molecule has 2 heterocycles. The van der Waals surface area contributed by atoms with Crippen molar-refractivity contribution in [3.63, 3.8) is 0 Å². The number of piperidine rings is 1. The number of rotatable bonds is 4. The number of nitrogens with one attached hydrogen (secondary N) is 1. The number of methoxy groups -OCH3 is 1. The first-order valence-electron chi connectivity index (χ1n) is 10.7. The summed E-state index contributed by atoms with van der Waals surface area (Å²) in [6, 6.07) is 8.23. The van der Waals surface area contributed by atoms with E-state index in [0.29, 0.717) is 12.5 Å². The summed E-state index contributed by atoms with van der Waals surface area (Å²) in [6.45, 7) is 6.66. The highest BCUT2D eigenvalue weighted by molar-refractivity contribution is 5.77. The lowest BCUT2D eigenvalue weighted by Crippen LogP contribution is -3.16. The number of para-hydroxylation sites is 2. The standard InChI is InChI=1S/C22H33N3O2/c1-27-21-9-5-4-8-20(21)24-14-12-23(13-15-24)17-22(26)25-11-10-18-6-2-3-7-19(18)16-25/h4-5,8-9,18-19H,2-3,6-7,10-17H2,1H3/p+1/t18-,19+/m1/s1. The minimum Gasteiger partial charge on any atom is -0.495 e. The van der Waals surface area contributed by atoms with Crippen molar-refractivity contribution >= 4 is 11.6 Å². The van der Waals surface area contributed by atoms with Gasteiger partial charge in [-0.25, -0.2) is 0 Å². The van der Waals surface area contributed by atoms with E-state index in [0.717, 1.165) is 56.9 Å². The van der Waals surface area contributed by atoms with Crippen LogP contribution in [0, 0.1) is 11.8 Å². The van der Waals surface area contributed by atoms with Gasteiger partial charge in [-0.2, -0.15) is 0 Å². The number of amides is 1. The third-order valence-electron chi connectivity index (χ3n) is 6.94. The molecule has 148 valence electrons. The number of hydrogen-bond acceptors (Lipinski definition) is 3. The normalized spacial score (nSPS) is 26.6. The van der Waals surface area contributed by atoms with E-state index < -0.39 is 0 Å². The number of nitrogens with zero attached hydrogens (tertiary/aromatic N) is 2. The molecule has 1 aliphatic carbocycles. The largest absolute Gasteiger partial charge is 0.495 e. The number of carbonyl (C=O) groups is 1. The Bertz CT molecular complexity index is 642. The Morgan fingerprint density at radius 1 is 1.07 bits per heavy atom. The Hall–Kier alpha value is -1.75. The lowest BCUT2D eigenvalue weighted by atomic mass is 9.75. The highest BCUT2D eigenvalue weighted by Gasteiger charge is 2.34. The number of quaternary nitrogens is 1. The van der Waals surface area contributed by atoms with Gasteiger partial charge in [0, 0.05) is 13.1 Å². The molecule has 4 rings (SSSR count). The molecule has 1 aromatic rings. The average Bonchev–Trinajstić information content (AvgIpc) is 2.74. The Morgan fingerprint density at radius 2 is 1.81 bits per heavy atom. The van der Waals surface area contributed by atoms with E-state index >= 15 is 0 Å². The monoisotopic (exact) mass is 372 g/mol. The highest BCUT2D eigenvalue weighted by atomic mass is 16.5. The average molecular weight is 373 g/mol. The molecule has 3 aliphatic rings. The summed E-state index contributed by atoms with van der Waals surface area (Å²) in [4.78, 5) is 18.9. The van der Waals surface area contributed by atoms with Gasteiger partial charge in [-0.1, -0.05) is 31.4 Å². The van der Waals surface area contributed by atoms with Crippen LogP contribution in [-0.4, -0.2) is 63.7 Å². The minimum atomic E-state index is 0.375. The van der Waals surface area contributed by atoms with Gasteiger partial charge in [-0.05, 0) is 36.8 Å². The number of ether oxygens (including phenoxy) is 1. The SMILES string of the molecule is COc1ccccc1N1CC[NH+](CC(=O)N2CC[C@H]3CCCC[C@H]3C2)CC1. The Labute approximate surface area is 163 Å². The number of hydrogen-bond donors (Lipinski definition) is 1. The zero-order chi connectivity index (χ0) is 18.6. The van der Waals surface area contributed by atoms with Crippen molar-refractivity contribution in [3.8, 4) is 5.75 Å². The Balaban J connectivity index is 1.27. The first-order chi connectivity index (χ1) is 13.2. The molecule has 0 spiro atoms. The zero-order valence-electron chi connectivity index (χ0n) is 16.7. The van der Waals surface area contributed by atoms with Crippen molar-refractivity contribution < 1.29 is 14.4 Å². The summed E-state index contributed by atoms with van der Waals surface area (Å²) in [5, 5.41) is 0. The number of benzene rings is 1. The smallest absolute Gasteiger partial charge is 0.277 e. The molecule has 1 amide bonds. The first-order valence-corrected chi connectivity index (χ1v) is 10.7. The summed E-state index contributed by atoms with van der Waals surface area (Å²) >= 11 is 0. The van der Waals surface area contributed by atoms with Crippen LogP contribution in [0.4, 0.5) is 5.69 Å². The maximum atomic E-state index is 12.9. The van der Waals surface area contributed by atoms with Crippen molar-refractivity contribution in [3.05, 3.63) is 24.3 Å². The van der Waals surface area contributed by atoms with Crippen LogP contribution in [0.25, 0.3) is 0 Å². The van der Waals surface area contributed by atoms with Gasteiger partial charge in [0.25, 0.3) is 5.91 Å². The van der Waals surface area contributed by atoms with E-state index in [1.165, 1.54) is 42.7 Å². The van der Waals surface area contributed by atoms with Gasteiger partial charge in [-0.3, -0.25) is 4.79 Å². The molecule has 2 atom stereocenters. The molecule has 3 fully saturated rings. The second kappa shape index (κ2) is 8.51. The van der Waals surface area contributed by atoms with Gasteiger partial charge >= 0.3 is 0 Å². The van der Waals surface area contributed by atoms with Crippen LogP contribution in [0.3, 0.4) is 0 Å². The van der Waals surface area contributed by atoms with Crippen molar-refractivity contribution in [2.24, 2.45) is 11.8 Å². The molecule has 0 unspecified atom stereocenters. The van der Waals surface area contributed by atoms with Crippen LogP contribution < -0.4 is 14.5 Å². The summed E-state index contributed by atoms with van der Waals surface area (Å²) < 4.78 is 5.50. The van der Waals surface area contributed by atoms with Crippen LogP contribution >= 0.6 is 0 Å². The third-order valence-corrected chi connectivity index (χ3v) is 6.94. The lowest BCUT2D eigenvalue weighted by Gasteiger charge is -2.41. The van der Waals surface area contributed by atoms with Gasteiger partial charge in [0.2, 0.25) is 0 Å². The second-order valence-electron chi connectivity index (χ2n) is 8.52. The molecule has 0 bridgehead atoms. The predicted octanol–water partition coefficient (Wildman–Crippen LogP) is 1.44. The summed E-state index contributed by atoms with van der Waals surface area (Å²) in [5.74, 6) is 2.97. The maximum Gasteiger partial charge on any atom is 0.277 e. The van der Waals surface area contributed by atoms with Crippen LogP contribution in [0.1, 0.15) is 32.1 Å². The zero-order valence-corrected chi connectivity index (χ0v) is 16.7. The van der Waals surface area contributed by atoms with E-state index in [4.69, 9.17) is 4.74 Å². The van der Waals surface area contributed by atoms with Crippen LogP contribution in [0.2, 0.25) is 0 Å². The van der Waals surface area contributed by atoms with E-state index in [2.05, 4.69) is 21.9 Å². The van der Waals surface area contributed by atoms with E-state index in [1.807, 2.05) is 12.1 Å². The fourth-order valence-electron chi connectivity index (χ4n) is 5.28. The molecule has 2 aliphatic heterocycles. The van der Waals surface area contributed by atoms with Gasteiger partial charge in [0.15, 0.2) is 6.54 Å². The van der Waals surface area contributed by atoms with Crippen molar-refractivity contribution in [1.29, 1.82) is 0 Å². The predicted molar refractivity (Wildman–Crippen MR) is 107 cm³/mol. The lowest BCUT2D eigenvalue weighted by molar-refractivity contribution is -0.892. The highest BCUT2D eigenvalue weighted by Crippen LogP contribution is 2.36. The Morgan fingerprint density at radius 3 is 2.59 bits per heavy atom. The van der Waals surface area contributed by atoms with E-state index in [1.54, 1.807) is 7.11 Å². The quantitative estimate of drug-likeness (QED) is 0.869. The second-order valence-corrected chi connectivity index (χ2v) is 8.52. The summed E-state index contributed by atoms with van der Waals surface area (Å²) in [6.07, 6.45) is 6.71. The van der Waals surface area contributed by atoms with Crippen LogP contribution in [-0.2, 0) is 4.79 Å². The topological polar surface area (TPSA) is 37.2 Å². The van der Waals surface area contributed by atoms with Crippen molar-refractivity contribution in [2.45, 2.75) is 32.1 Å². The molecule has 1 aromatic carbocycles. The fraction of sp³-hybridized carbons (Fsp3) is 0.682. The maximum absolute atomic E-state index is 12.9. The summed E-state index contributed by atoms with van der Waals surface area (Å²) in [7, 11) is 1.73. The molecule has 5 nitrogen and oxygen atoms in total. The number of carbonyl (C=O) groups excluding carboxylic acids is 1. The number of likely N-dealkylation sites (tertiary alicyclic amines) is 1. The fourth-order valence-corrected chi connectivity index (χ4v) is 5.28. The Kier molecular flexibility index (Phi) is 5.86. The number of anilines is 1. The van der Waals surface area contributed by atoms with Gasteiger partial charge in [0.05, 0.1) is 39.0 Å². The molecule has 1 saturated carbocycles. The molecule has 5 heteroatoms. The van der Waals surface area contributed by atoms with Gasteiger partial charge in [-0.15, -0.1) is 0 Å². The molecular weight excluding hydrogens is 338 g/mol. The van der Waals surface area contributed by atoms with E-state index in [-0.39, 0.29) is 0 Å². The van der Waals surface area contributed by atoms with Crippen LogP contribution in [0.5, 0.6) is 5.75 Å². The molecule has 0 radical (unpaired) electrons. The first kappa shape index (κ1) is 18.6. The van der Waals surface area contributed by atoms with Gasteiger partial charge in [0.1, 0.15) is 5.75 Å². The van der Waals surface area contributed by atoms with E-state index in [9.17, 15) is 4.79 Å². The third kappa shape index (κ3) is 4.23.